The lowest BCUT2D eigenvalue weighted by Crippen LogP contribution is -2.57. The molecule has 4 aromatic rings. The Morgan fingerprint density at radius 1 is 0.333 bits per heavy atom. The zero-order valence-corrected chi connectivity index (χ0v) is 36.0. The first-order valence-corrected chi connectivity index (χ1v) is 20.6. The summed E-state index contributed by atoms with van der Waals surface area (Å²) in [5, 5.41) is 4.16. The summed E-state index contributed by atoms with van der Waals surface area (Å²) in [5.74, 6) is 3.19. The summed E-state index contributed by atoms with van der Waals surface area (Å²) in [6.45, 7) is 26.9. The van der Waals surface area contributed by atoms with Gasteiger partial charge in [0, 0.05) is 20.7 Å². The van der Waals surface area contributed by atoms with Gasteiger partial charge in [-0.3, -0.25) is 0 Å². The highest BCUT2D eigenvalue weighted by Crippen LogP contribution is 2.30. The minimum Gasteiger partial charge on any atom is -0.497 e. The van der Waals surface area contributed by atoms with Crippen molar-refractivity contribution in [2.45, 2.75) is 105 Å². The number of hydrogen-bond donors (Lipinski definition) is 0. The molecule has 2 radical (unpaired) electrons. The molecule has 0 spiro atoms. The predicted octanol–water partition coefficient (Wildman–Crippen LogP) is 7.84. The molecule has 0 aromatic heterocycles. The summed E-state index contributed by atoms with van der Waals surface area (Å²) >= 11 is 0. The molecular formula is C44H60O5Si2. The van der Waals surface area contributed by atoms with Crippen LogP contribution in [0, 0.1) is 0 Å². The zero-order chi connectivity index (χ0) is 38.1. The topological polar surface area (TPSA) is 46.2 Å². The van der Waals surface area contributed by atoms with E-state index in [1.165, 1.54) is 22.3 Å². The quantitative estimate of drug-likeness (QED) is 0.156. The largest absolute Gasteiger partial charge is 0.497 e. The van der Waals surface area contributed by atoms with Crippen molar-refractivity contribution in [3.8, 4) is 23.0 Å². The second-order valence-electron chi connectivity index (χ2n) is 17.4. The van der Waals surface area contributed by atoms with Gasteiger partial charge in [-0.05, 0) is 68.2 Å². The fraction of sp³-hybridized carbons (Fsp3) is 0.455. The third kappa shape index (κ3) is 9.11. The summed E-state index contributed by atoms with van der Waals surface area (Å²) in [7, 11) is 2.78. The first-order chi connectivity index (χ1) is 23.6. The first kappa shape index (κ1) is 40.2. The Kier molecular flexibility index (Phi) is 12.0. The fourth-order valence-electron chi connectivity index (χ4n) is 6.02. The molecular weight excluding hydrogens is 665 g/mol. The van der Waals surface area contributed by atoms with Crippen LogP contribution < -0.4 is 39.7 Å². The SMILES string of the molecule is COc1ccc(C(C)(C)C)cc1[Si](O[Si](c1cc(C(C)(C)C)ccc1OC)c1cc(C(C)(C)C)ccc1OC)c1cc(C(C)(C)C)ccc1OC. The summed E-state index contributed by atoms with van der Waals surface area (Å²) in [5.41, 5.74) is 4.49. The highest BCUT2D eigenvalue weighted by molar-refractivity contribution is 6.93. The molecule has 0 bridgehead atoms. The highest BCUT2D eigenvalue weighted by atomic mass is 28.4. The predicted molar refractivity (Wildman–Crippen MR) is 218 cm³/mol. The van der Waals surface area contributed by atoms with Crippen LogP contribution in [0.4, 0.5) is 0 Å². The maximum absolute atomic E-state index is 7.92. The minimum absolute atomic E-state index is 0.0896. The summed E-state index contributed by atoms with van der Waals surface area (Å²) in [6.07, 6.45) is 0. The minimum atomic E-state index is -2.10. The molecule has 0 aliphatic heterocycles. The van der Waals surface area contributed by atoms with Gasteiger partial charge in [0.1, 0.15) is 23.0 Å². The van der Waals surface area contributed by atoms with Gasteiger partial charge in [0.05, 0.1) is 28.4 Å². The lowest BCUT2D eigenvalue weighted by molar-refractivity contribution is 0.413. The Bertz CT molecular complexity index is 1560. The van der Waals surface area contributed by atoms with Crippen LogP contribution in [0.5, 0.6) is 23.0 Å². The number of ether oxygens (including phenoxy) is 4. The molecule has 4 rings (SSSR count). The molecule has 4 aromatic carbocycles. The molecule has 0 aliphatic rings. The average Bonchev–Trinajstić information content (AvgIpc) is 3.06. The Morgan fingerprint density at radius 2 is 0.529 bits per heavy atom. The average molecular weight is 725 g/mol. The molecule has 0 fully saturated rings. The lowest BCUT2D eigenvalue weighted by atomic mass is 9.87. The van der Waals surface area contributed by atoms with Crippen molar-refractivity contribution in [1.82, 2.24) is 0 Å². The van der Waals surface area contributed by atoms with Crippen molar-refractivity contribution >= 4 is 38.8 Å². The van der Waals surface area contributed by atoms with E-state index in [2.05, 4.69) is 156 Å². The van der Waals surface area contributed by atoms with Gasteiger partial charge >= 0.3 is 0 Å². The van der Waals surface area contributed by atoms with E-state index in [1.807, 2.05) is 0 Å². The van der Waals surface area contributed by atoms with Crippen LogP contribution >= 0.6 is 0 Å². The second-order valence-corrected chi connectivity index (χ2v) is 21.7. The van der Waals surface area contributed by atoms with Gasteiger partial charge in [0.15, 0.2) is 0 Å². The fourth-order valence-corrected chi connectivity index (χ4v) is 12.0. The van der Waals surface area contributed by atoms with Gasteiger partial charge in [-0.25, -0.2) is 0 Å². The Labute approximate surface area is 312 Å². The summed E-state index contributed by atoms with van der Waals surface area (Å²) < 4.78 is 32.6. The van der Waals surface area contributed by atoms with Crippen molar-refractivity contribution in [2.75, 3.05) is 28.4 Å². The standard InChI is InChI=1S/C44H60O5Si2/c1-41(2,3)29-17-21-33(45-13)37(25-29)50(38-26-30(42(4,5)6)18-22-34(38)46-14)49-51(39-27-31(43(7,8)9)19-23-35(39)47-15)40-28-32(44(10,11)12)20-24-36(40)48-16/h17-28H,1-16H3. The molecule has 0 unspecified atom stereocenters. The van der Waals surface area contributed by atoms with E-state index in [-0.39, 0.29) is 21.7 Å². The number of rotatable bonds is 10. The zero-order valence-electron chi connectivity index (χ0n) is 34.0. The molecule has 0 N–H and O–H groups in total. The van der Waals surface area contributed by atoms with E-state index in [0.29, 0.717) is 0 Å². The molecule has 0 amide bonds. The van der Waals surface area contributed by atoms with Crippen molar-refractivity contribution in [2.24, 2.45) is 0 Å². The highest BCUT2D eigenvalue weighted by Gasteiger charge is 2.37. The van der Waals surface area contributed by atoms with Gasteiger partial charge in [0.25, 0.3) is 18.1 Å². The van der Waals surface area contributed by atoms with Crippen LogP contribution in [0.1, 0.15) is 105 Å². The van der Waals surface area contributed by atoms with Gasteiger partial charge in [-0.2, -0.15) is 0 Å². The van der Waals surface area contributed by atoms with E-state index in [4.69, 9.17) is 23.1 Å². The molecule has 0 heterocycles. The monoisotopic (exact) mass is 724 g/mol. The smallest absolute Gasteiger partial charge is 0.280 e. The normalized spacial score (nSPS) is 12.7. The summed E-state index contributed by atoms with van der Waals surface area (Å²) in [6, 6.07) is 26.2. The van der Waals surface area contributed by atoms with Crippen LogP contribution in [0.25, 0.3) is 0 Å². The molecule has 0 atom stereocenters. The van der Waals surface area contributed by atoms with E-state index >= 15 is 0 Å². The third-order valence-electron chi connectivity index (χ3n) is 9.44. The second kappa shape index (κ2) is 15.2. The van der Waals surface area contributed by atoms with Gasteiger partial charge in [-0.1, -0.05) is 132 Å². The Hall–Kier alpha value is -3.53. The van der Waals surface area contributed by atoms with Crippen molar-refractivity contribution < 1.29 is 23.1 Å². The molecule has 274 valence electrons. The van der Waals surface area contributed by atoms with E-state index in [9.17, 15) is 0 Å². The van der Waals surface area contributed by atoms with Crippen LogP contribution in [0.2, 0.25) is 0 Å². The molecule has 0 saturated heterocycles. The summed E-state index contributed by atoms with van der Waals surface area (Å²) in [4.78, 5) is 0. The van der Waals surface area contributed by atoms with Gasteiger partial charge < -0.3 is 23.1 Å². The Balaban J connectivity index is 2.19. The number of hydrogen-bond acceptors (Lipinski definition) is 5. The number of benzene rings is 4. The molecule has 51 heavy (non-hydrogen) atoms. The van der Waals surface area contributed by atoms with E-state index in [0.717, 1.165) is 43.7 Å². The van der Waals surface area contributed by atoms with Crippen molar-refractivity contribution in [3.05, 3.63) is 95.1 Å². The first-order valence-electron chi connectivity index (χ1n) is 17.8. The van der Waals surface area contributed by atoms with Crippen LogP contribution in [-0.4, -0.2) is 46.5 Å². The van der Waals surface area contributed by atoms with Crippen LogP contribution in [-0.2, 0) is 25.8 Å². The van der Waals surface area contributed by atoms with Crippen molar-refractivity contribution in [1.29, 1.82) is 0 Å². The molecule has 0 aliphatic carbocycles. The number of methoxy groups -OCH3 is 4. The van der Waals surface area contributed by atoms with Crippen LogP contribution in [0.15, 0.2) is 72.8 Å². The van der Waals surface area contributed by atoms with Gasteiger partial charge in [-0.15, -0.1) is 0 Å². The molecule has 7 heteroatoms. The van der Waals surface area contributed by atoms with Crippen LogP contribution in [0.3, 0.4) is 0 Å². The van der Waals surface area contributed by atoms with E-state index < -0.39 is 18.1 Å². The molecule has 0 saturated carbocycles. The third-order valence-corrected chi connectivity index (χ3v) is 14.6. The van der Waals surface area contributed by atoms with Crippen molar-refractivity contribution in [3.63, 3.8) is 0 Å². The Morgan fingerprint density at radius 3 is 0.686 bits per heavy atom. The lowest BCUT2D eigenvalue weighted by Gasteiger charge is -2.31. The molecule has 5 nitrogen and oxygen atoms in total. The maximum Gasteiger partial charge on any atom is 0.280 e. The van der Waals surface area contributed by atoms with Gasteiger partial charge in [0.2, 0.25) is 0 Å². The van der Waals surface area contributed by atoms with E-state index in [1.54, 1.807) is 28.4 Å². The maximum atomic E-state index is 7.92.